The highest BCUT2D eigenvalue weighted by Gasteiger charge is 2.15. The molecular formula is C17H20N4O. The van der Waals surface area contributed by atoms with Gasteiger partial charge in [0, 0.05) is 18.7 Å². The topological polar surface area (TPSA) is 58.1 Å². The number of hydrogen-bond acceptors (Lipinski definition) is 4. The van der Waals surface area contributed by atoms with E-state index in [2.05, 4.69) is 20.2 Å². The van der Waals surface area contributed by atoms with Crippen LogP contribution in [0.15, 0.2) is 30.6 Å². The monoisotopic (exact) mass is 296 g/mol. The molecule has 2 heterocycles. The predicted molar refractivity (Wildman–Crippen MR) is 87.3 cm³/mol. The van der Waals surface area contributed by atoms with Crippen molar-refractivity contribution in [1.29, 1.82) is 0 Å². The van der Waals surface area contributed by atoms with Gasteiger partial charge in [0.25, 0.3) is 5.91 Å². The van der Waals surface area contributed by atoms with Gasteiger partial charge in [-0.2, -0.15) is 0 Å². The normalized spacial score (nSPS) is 14.2. The Hall–Kier alpha value is -2.43. The molecule has 0 unspecified atom stereocenters. The summed E-state index contributed by atoms with van der Waals surface area (Å²) in [5, 5.41) is 2.84. The van der Waals surface area contributed by atoms with Crippen LogP contribution >= 0.6 is 0 Å². The molecule has 1 aliphatic heterocycles. The molecule has 1 aromatic carbocycles. The van der Waals surface area contributed by atoms with Crippen LogP contribution in [-0.4, -0.2) is 29.0 Å². The molecule has 1 fully saturated rings. The first-order chi connectivity index (χ1) is 10.6. The van der Waals surface area contributed by atoms with Crippen molar-refractivity contribution in [2.75, 3.05) is 23.3 Å². The van der Waals surface area contributed by atoms with Crippen molar-refractivity contribution >= 4 is 17.5 Å². The van der Waals surface area contributed by atoms with Gasteiger partial charge in [-0.25, -0.2) is 9.97 Å². The Morgan fingerprint density at radius 1 is 1.09 bits per heavy atom. The molecule has 0 bridgehead atoms. The van der Waals surface area contributed by atoms with Crippen LogP contribution in [0.4, 0.5) is 11.6 Å². The second kappa shape index (κ2) is 6.13. The van der Waals surface area contributed by atoms with Crippen LogP contribution in [0, 0.1) is 13.8 Å². The number of nitrogens with one attached hydrogen (secondary N) is 1. The molecular weight excluding hydrogens is 276 g/mol. The lowest BCUT2D eigenvalue weighted by atomic mass is 10.1. The summed E-state index contributed by atoms with van der Waals surface area (Å²) in [5.41, 5.74) is 3.54. The Balaban J connectivity index is 1.69. The zero-order valence-corrected chi connectivity index (χ0v) is 13.0. The summed E-state index contributed by atoms with van der Waals surface area (Å²) >= 11 is 0. The molecule has 5 heteroatoms. The molecule has 22 heavy (non-hydrogen) atoms. The Kier molecular flexibility index (Phi) is 4.04. The Morgan fingerprint density at radius 2 is 1.77 bits per heavy atom. The lowest BCUT2D eigenvalue weighted by molar-refractivity contribution is 0.102. The molecule has 1 aromatic heterocycles. The molecule has 0 spiro atoms. The van der Waals surface area contributed by atoms with E-state index in [-0.39, 0.29) is 5.91 Å². The average Bonchev–Trinajstić information content (AvgIpc) is 3.05. The maximum Gasteiger partial charge on any atom is 0.255 e. The summed E-state index contributed by atoms with van der Waals surface area (Å²) in [7, 11) is 0. The fourth-order valence-corrected chi connectivity index (χ4v) is 2.55. The first-order valence-electron chi connectivity index (χ1n) is 7.59. The summed E-state index contributed by atoms with van der Waals surface area (Å²) in [6, 6.07) is 5.68. The van der Waals surface area contributed by atoms with Crippen molar-refractivity contribution in [1.82, 2.24) is 9.97 Å². The molecule has 1 aliphatic rings. The van der Waals surface area contributed by atoms with Gasteiger partial charge in [-0.05, 0) is 49.9 Å². The van der Waals surface area contributed by atoms with E-state index in [1.807, 2.05) is 32.0 Å². The molecule has 3 rings (SSSR count). The van der Waals surface area contributed by atoms with Gasteiger partial charge in [0.05, 0.1) is 18.1 Å². The molecule has 0 aliphatic carbocycles. The largest absolute Gasteiger partial charge is 0.341 e. The summed E-state index contributed by atoms with van der Waals surface area (Å²) in [4.78, 5) is 23.1. The second-order valence-corrected chi connectivity index (χ2v) is 5.72. The highest BCUT2D eigenvalue weighted by atomic mass is 16.1. The Labute approximate surface area is 130 Å². The van der Waals surface area contributed by atoms with Gasteiger partial charge in [0.2, 0.25) is 5.95 Å². The van der Waals surface area contributed by atoms with Crippen molar-refractivity contribution in [3.8, 4) is 0 Å². The van der Waals surface area contributed by atoms with E-state index in [1.54, 1.807) is 12.4 Å². The number of aryl methyl sites for hydroxylation is 2. The Morgan fingerprint density at radius 3 is 2.41 bits per heavy atom. The number of hydrogen-bond donors (Lipinski definition) is 1. The number of carbonyl (C=O) groups excluding carboxylic acids is 1. The van der Waals surface area contributed by atoms with Crippen molar-refractivity contribution < 1.29 is 4.79 Å². The van der Waals surface area contributed by atoms with E-state index >= 15 is 0 Å². The third-order valence-electron chi connectivity index (χ3n) is 4.05. The summed E-state index contributed by atoms with van der Waals surface area (Å²) < 4.78 is 0. The third kappa shape index (κ3) is 3.08. The first-order valence-corrected chi connectivity index (χ1v) is 7.59. The molecule has 2 aromatic rings. The molecule has 0 saturated carbocycles. The third-order valence-corrected chi connectivity index (χ3v) is 4.05. The first kappa shape index (κ1) is 14.5. The van der Waals surface area contributed by atoms with Crippen LogP contribution in [0.25, 0.3) is 0 Å². The molecule has 0 radical (unpaired) electrons. The van der Waals surface area contributed by atoms with Crippen LogP contribution in [0.2, 0.25) is 0 Å². The van der Waals surface area contributed by atoms with Gasteiger partial charge in [0.1, 0.15) is 0 Å². The van der Waals surface area contributed by atoms with Crippen molar-refractivity contribution in [3.05, 3.63) is 47.3 Å². The van der Waals surface area contributed by atoms with Gasteiger partial charge < -0.3 is 10.2 Å². The number of aromatic nitrogens is 2. The van der Waals surface area contributed by atoms with Crippen LogP contribution < -0.4 is 10.2 Å². The minimum atomic E-state index is -0.138. The molecule has 114 valence electrons. The number of rotatable bonds is 3. The van der Waals surface area contributed by atoms with Gasteiger partial charge in [0.15, 0.2) is 0 Å². The zero-order valence-electron chi connectivity index (χ0n) is 13.0. The number of benzene rings is 1. The van der Waals surface area contributed by atoms with E-state index in [9.17, 15) is 4.79 Å². The van der Waals surface area contributed by atoms with E-state index in [4.69, 9.17) is 0 Å². The van der Waals surface area contributed by atoms with Crippen molar-refractivity contribution in [3.63, 3.8) is 0 Å². The molecule has 1 N–H and O–H groups in total. The smallest absolute Gasteiger partial charge is 0.255 e. The predicted octanol–water partition coefficient (Wildman–Crippen LogP) is 2.95. The van der Waals surface area contributed by atoms with Gasteiger partial charge in [-0.3, -0.25) is 4.79 Å². The van der Waals surface area contributed by atoms with Crippen molar-refractivity contribution in [2.45, 2.75) is 26.7 Å². The van der Waals surface area contributed by atoms with Gasteiger partial charge >= 0.3 is 0 Å². The Bertz CT molecular complexity index is 676. The fraction of sp³-hybridized carbons (Fsp3) is 0.353. The molecule has 0 atom stereocenters. The summed E-state index contributed by atoms with van der Waals surface area (Å²) in [5.74, 6) is 0.599. The van der Waals surface area contributed by atoms with E-state index < -0.39 is 0 Å². The summed E-state index contributed by atoms with van der Waals surface area (Å²) in [6.45, 7) is 6.05. The maximum atomic E-state index is 12.2. The van der Waals surface area contributed by atoms with E-state index in [0.717, 1.165) is 24.6 Å². The average molecular weight is 296 g/mol. The van der Waals surface area contributed by atoms with Crippen LogP contribution in [0.1, 0.15) is 34.3 Å². The van der Waals surface area contributed by atoms with Gasteiger partial charge in [-0.1, -0.05) is 6.07 Å². The standard InChI is InChI=1S/C17H20N4O/c1-12-5-6-14(9-13(12)2)16(22)20-15-10-18-17(19-11-15)21-7-3-4-8-21/h5-6,9-11H,3-4,7-8H2,1-2H3,(H,20,22). The van der Waals surface area contributed by atoms with Crippen LogP contribution in [0.5, 0.6) is 0 Å². The SMILES string of the molecule is Cc1ccc(C(=O)Nc2cnc(N3CCCC3)nc2)cc1C. The van der Waals surface area contributed by atoms with E-state index in [1.165, 1.54) is 18.4 Å². The second-order valence-electron chi connectivity index (χ2n) is 5.72. The number of anilines is 2. The number of amides is 1. The van der Waals surface area contributed by atoms with Crippen LogP contribution in [0.3, 0.4) is 0 Å². The van der Waals surface area contributed by atoms with Crippen molar-refractivity contribution in [2.24, 2.45) is 0 Å². The van der Waals surface area contributed by atoms with E-state index in [0.29, 0.717) is 11.3 Å². The quantitative estimate of drug-likeness (QED) is 0.946. The fourth-order valence-electron chi connectivity index (χ4n) is 2.55. The molecule has 1 amide bonds. The maximum absolute atomic E-state index is 12.2. The minimum absolute atomic E-state index is 0.138. The highest BCUT2D eigenvalue weighted by molar-refractivity contribution is 6.04. The molecule has 1 saturated heterocycles. The summed E-state index contributed by atoms with van der Waals surface area (Å²) in [6.07, 6.45) is 5.71. The lowest BCUT2D eigenvalue weighted by Gasteiger charge is -2.14. The molecule has 5 nitrogen and oxygen atoms in total. The van der Waals surface area contributed by atoms with Gasteiger partial charge in [-0.15, -0.1) is 0 Å². The number of carbonyl (C=O) groups is 1. The van der Waals surface area contributed by atoms with Crippen LogP contribution in [-0.2, 0) is 0 Å². The zero-order chi connectivity index (χ0) is 15.5. The lowest BCUT2D eigenvalue weighted by Crippen LogP contribution is -2.20. The minimum Gasteiger partial charge on any atom is -0.341 e. The highest BCUT2D eigenvalue weighted by Crippen LogP contribution is 2.17. The number of nitrogens with zero attached hydrogens (tertiary/aromatic N) is 3.